The first-order chi connectivity index (χ1) is 6.72. The number of carbonyl (C=O) groups is 1. The third-order valence-corrected chi connectivity index (χ3v) is 3.09. The normalized spacial score (nSPS) is 10.7. The van der Waals surface area contributed by atoms with Crippen LogP contribution in [0.3, 0.4) is 0 Å². The molecule has 0 aliphatic heterocycles. The summed E-state index contributed by atoms with van der Waals surface area (Å²) in [6, 6.07) is 6.16. The highest BCUT2D eigenvalue weighted by Crippen LogP contribution is 2.24. The number of fused-ring (bicyclic) bond motifs is 1. The van der Waals surface area contributed by atoms with Crippen molar-refractivity contribution >= 4 is 27.4 Å². The van der Waals surface area contributed by atoms with Gasteiger partial charge in [0, 0.05) is 12.3 Å². The van der Waals surface area contributed by atoms with Crippen LogP contribution in [0.15, 0.2) is 18.2 Å². The molecule has 1 aromatic carbocycles. The van der Waals surface area contributed by atoms with Crippen molar-refractivity contribution in [3.8, 4) is 0 Å². The molecule has 0 aliphatic rings. The molecule has 0 atom stereocenters. The summed E-state index contributed by atoms with van der Waals surface area (Å²) in [5.41, 5.74) is 1.89. The molecule has 2 nitrogen and oxygen atoms in total. The highest BCUT2D eigenvalue weighted by Gasteiger charge is 2.09. The molecule has 0 spiro atoms. The van der Waals surface area contributed by atoms with Gasteiger partial charge in [-0.15, -0.1) is 0 Å². The van der Waals surface area contributed by atoms with E-state index in [1.165, 1.54) is 17.1 Å². The van der Waals surface area contributed by atoms with Gasteiger partial charge in [0.05, 0.1) is 4.70 Å². The molecule has 0 bridgehead atoms. The van der Waals surface area contributed by atoms with E-state index >= 15 is 0 Å². The number of hydrogen-bond acceptors (Lipinski definition) is 3. The maximum Gasteiger partial charge on any atom is 0.179 e. The SMILES string of the molecule is CCc1ccc2c(C(C)=O)nsc2c1. The van der Waals surface area contributed by atoms with Crippen LogP contribution >= 0.6 is 11.5 Å². The van der Waals surface area contributed by atoms with Gasteiger partial charge in [0.25, 0.3) is 0 Å². The third kappa shape index (κ3) is 1.44. The zero-order valence-corrected chi connectivity index (χ0v) is 9.02. The van der Waals surface area contributed by atoms with E-state index in [-0.39, 0.29) is 5.78 Å². The first-order valence-corrected chi connectivity index (χ1v) is 5.39. The predicted octanol–water partition coefficient (Wildman–Crippen LogP) is 3.06. The lowest BCUT2D eigenvalue weighted by atomic mass is 10.1. The van der Waals surface area contributed by atoms with Crippen molar-refractivity contribution in [3.05, 3.63) is 29.5 Å². The lowest BCUT2D eigenvalue weighted by Gasteiger charge is -1.95. The van der Waals surface area contributed by atoms with Crippen molar-refractivity contribution in [2.75, 3.05) is 0 Å². The van der Waals surface area contributed by atoms with Crippen LogP contribution in [0, 0.1) is 0 Å². The number of Topliss-reactive ketones (excluding diaryl/α,β-unsaturated/α-hetero) is 1. The summed E-state index contributed by atoms with van der Waals surface area (Å²) < 4.78 is 5.27. The Morgan fingerprint density at radius 3 is 2.93 bits per heavy atom. The summed E-state index contributed by atoms with van der Waals surface area (Å²) in [5.74, 6) is 0.0421. The molecule has 72 valence electrons. The van der Waals surface area contributed by atoms with Crippen LogP contribution in [0.4, 0.5) is 0 Å². The van der Waals surface area contributed by atoms with E-state index in [4.69, 9.17) is 0 Å². The van der Waals surface area contributed by atoms with Crippen molar-refractivity contribution in [1.82, 2.24) is 4.37 Å². The van der Waals surface area contributed by atoms with E-state index in [0.29, 0.717) is 5.69 Å². The number of aryl methyl sites for hydroxylation is 1. The molecule has 0 N–H and O–H groups in total. The van der Waals surface area contributed by atoms with Crippen molar-refractivity contribution in [2.24, 2.45) is 0 Å². The second kappa shape index (κ2) is 3.50. The maximum absolute atomic E-state index is 11.2. The van der Waals surface area contributed by atoms with Gasteiger partial charge in [-0.05, 0) is 29.6 Å². The molecule has 0 saturated heterocycles. The number of nitrogens with zero attached hydrogens (tertiary/aromatic N) is 1. The van der Waals surface area contributed by atoms with Gasteiger partial charge in [0.1, 0.15) is 5.69 Å². The second-order valence-corrected chi connectivity index (χ2v) is 4.08. The molecule has 2 aromatic rings. The summed E-state index contributed by atoms with van der Waals surface area (Å²) in [7, 11) is 0. The number of rotatable bonds is 2. The Bertz CT molecular complexity index is 487. The van der Waals surface area contributed by atoms with Gasteiger partial charge in [0.15, 0.2) is 5.78 Å². The summed E-state index contributed by atoms with van der Waals surface area (Å²) in [5, 5.41) is 0.986. The molecule has 2 rings (SSSR count). The molecule has 3 heteroatoms. The minimum atomic E-state index is 0.0421. The summed E-state index contributed by atoms with van der Waals surface area (Å²) in [4.78, 5) is 11.2. The fourth-order valence-corrected chi connectivity index (χ4v) is 2.34. The zero-order chi connectivity index (χ0) is 10.1. The van der Waals surface area contributed by atoms with Gasteiger partial charge in [-0.2, -0.15) is 4.37 Å². The van der Waals surface area contributed by atoms with Crippen LogP contribution in [-0.4, -0.2) is 10.2 Å². The van der Waals surface area contributed by atoms with Crippen molar-refractivity contribution in [3.63, 3.8) is 0 Å². The lowest BCUT2D eigenvalue weighted by Crippen LogP contribution is -1.91. The highest BCUT2D eigenvalue weighted by atomic mass is 32.1. The molecule has 1 heterocycles. The zero-order valence-electron chi connectivity index (χ0n) is 8.20. The Hall–Kier alpha value is -1.22. The number of carbonyl (C=O) groups excluding carboxylic acids is 1. The van der Waals surface area contributed by atoms with Gasteiger partial charge in [-0.1, -0.05) is 19.1 Å². The van der Waals surface area contributed by atoms with Crippen LogP contribution in [0.2, 0.25) is 0 Å². The van der Waals surface area contributed by atoms with Gasteiger partial charge >= 0.3 is 0 Å². The number of hydrogen-bond donors (Lipinski definition) is 0. The van der Waals surface area contributed by atoms with Crippen LogP contribution in [-0.2, 0) is 6.42 Å². The summed E-state index contributed by atoms with van der Waals surface area (Å²) >= 11 is 1.40. The fourth-order valence-electron chi connectivity index (χ4n) is 1.46. The smallest absolute Gasteiger partial charge is 0.179 e. The highest BCUT2D eigenvalue weighted by molar-refractivity contribution is 7.13. The minimum Gasteiger partial charge on any atom is -0.293 e. The molecular formula is C11H11NOS. The van der Waals surface area contributed by atoms with E-state index in [1.807, 2.05) is 6.07 Å². The van der Waals surface area contributed by atoms with Crippen LogP contribution in [0.5, 0.6) is 0 Å². The third-order valence-electron chi connectivity index (χ3n) is 2.28. The van der Waals surface area contributed by atoms with E-state index in [1.54, 1.807) is 6.92 Å². The number of aromatic nitrogens is 1. The van der Waals surface area contributed by atoms with Gasteiger partial charge < -0.3 is 0 Å². The molecule has 14 heavy (non-hydrogen) atoms. The molecular weight excluding hydrogens is 194 g/mol. The minimum absolute atomic E-state index is 0.0421. The molecule has 0 amide bonds. The average Bonchev–Trinajstić information content (AvgIpc) is 2.59. The molecule has 0 unspecified atom stereocenters. The number of ketones is 1. The van der Waals surface area contributed by atoms with E-state index in [9.17, 15) is 4.79 Å². The Labute approximate surface area is 86.7 Å². The van der Waals surface area contributed by atoms with Gasteiger partial charge in [-0.3, -0.25) is 4.79 Å². The van der Waals surface area contributed by atoms with Crippen molar-refractivity contribution < 1.29 is 4.79 Å². The van der Waals surface area contributed by atoms with Crippen molar-refractivity contribution in [1.29, 1.82) is 0 Å². The Morgan fingerprint density at radius 1 is 1.50 bits per heavy atom. The largest absolute Gasteiger partial charge is 0.293 e. The fraction of sp³-hybridized carbons (Fsp3) is 0.273. The Morgan fingerprint density at radius 2 is 2.29 bits per heavy atom. The summed E-state index contributed by atoms with van der Waals surface area (Å²) in [6.07, 6.45) is 1.02. The Balaban J connectivity index is 2.65. The van der Waals surface area contributed by atoms with Gasteiger partial charge in [-0.25, -0.2) is 0 Å². The molecule has 0 aliphatic carbocycles. The first-order valence-electron chi connectivity index (χ1n) is 4.61. The predicted molar refractivity (Wildman–Crippen MR) is 59.0 cm³/mol. The Kier molecular flexibility index (Phi) is 2.33. The van der Waals surface area contributed by atoms with Crippen LogP contribution < -0.4 is 0 Å². The quantitative estimate of drug-likeness (QED) is 0.705. The average molecular weight is 205 g/mol. The van der Waals surface area contributed by atoms with E-state index < -0.39 is 0 Å². The molecule has 0 radical (unpaired) electrons. The number of benzene rings is 1. The standard InChI is InChI=1S/C11H11NOS/c1-3-8-4-5-9-10(6-8)14-12-11(9)7(2)13/h4-6H,3H2,1-2H3. The molecule has 0 fully saturated rings. The monoisotopic (exact) mass is 205 g/mol. The first kappa shape index (κ1) is 9.34. The van der Waals surface area contributed by atoms with Crippen LogP contribution in [0.25, 0.3) is 10.1 Å². The van der Waals surface area contributed by atoms with Crippen LogP contribution in [0.1, 0.15) is 29.9 Å². The molecule has 1 aromatic heterocycles. The van der Waals surface area contributed by atoms with Gasteiger partial charge in [0.2, 0.25) is 0 Å². The second-order valence-electron chi connectivity index (χ2n) is 3.27. The van der Waals surface area contributed by atoms with E-state index in [0.717, 1.165) is 16.5 Å². The topological polar surface area (TPSA) is 30.0 Å². The van der Waals surface area contributed by atoms with E-state index in [2.05, 4.69) is 23.4 Å². The summed E-state index contributed by atoms with van der Waals surface area (Å²) in [6.45, 7) is 3.68. The van der Waals surface area contributed by atoms with Crippen molar-refractivity contribution in [2.45, 2.75) is 20.3 Å². The lowest BCUT2D eigenvalue weighted by molar-refractivity contribution is 0.101. The molecule has 0 saturated carbocycles. The maximum atomic E-state index is 11.2.